The second-order valence-corrected chi connectivity index (χ2v) is 3.71. The zero-order valence-corrected chi connectivity index (χ0v) is 9.73. The third-order valence-electron chi connectivity index (χ3n) is 2.33. The molecule has 10 heteroatoms. The molecule has 3 amide bonds. The molecule has 0 unspecified atom stereocenters. The van der Waals surface area contributed by atoms with Crippen molar-refractivity contribution in [3.8, 4) is 0 Å². The van der Waals surface area contributed by atoms with Crippen LogP contribution < -0.4 is 5.32 Å². The minimum Gasteiger partial charge on any atom is -0.480 e. The Bertz CT molecular complexity index is 645. The Morgan fingerprint density at radius 1 is 1.50 bits per heavy atom. The molecule has 1 aromatic rings. The number of rotatable bonds is 4. The zero-order chi connectivity index (χ0) is 14.9. The van der Waals surface area contributed by atoms with Crippen LogP contribution in [0, 0.1) is 10.1 Å². The van der Waals surface area contributed by atoms with Crippen LogP contribution in [0.1, 0.15) is 5.76 Å². The molecule has 0 atom stereocenters. The Hall–Kier alpha value is -3.17. The minimum absolute atomic E-state index is 0.0162. The van der Waals surface area contributed by atoms with Gasteiger partial charge >= 0.3 is 17.9 Å². The number of amides is 3. The van der Waals surface area contributed by atoms with Gasteiger partial charge in [-0.05, 0) is 6.07 Å². The van der Waals surface area contributed by atoms with E-state index in [0.29, 0.717) is 4.90 Å². The van der Waals surface area contributed by atoms with Crippen LogP contribution in [0.5, 0.6) is 0 Å². The summed E-state index contributed by atoms with van der Waals surface area (Å²) in [6, 6.07) is 1.44. The topological polar surface area (TPSA) is 143 Å². The molecular weight excluding hydrogens is 274 g/mol. The molecule has 0 radical (unpaired) electrons. The highest BCUT2D eigenvalue weighted by Gasteiger charge is 2.35. The minimum atomic E-state index is -1.34. The second-order valence-electron chi connectivity index (χ2n) is 3.71. The molecule has 1 aliphatic rings. The molecule has 0 aliphatic carbocycles. The van der Waals surface area contributed by atoms with Crippen molar-refractivity contribution in [2.75, 3.05) is 6.54 Å². The summed E-state index contributed by atoms with van der Waals surface area (Å²) in [6.07, 6.45) is 1.08. The molecular formula is C10H7N3O7. The smallest absolute Gasteiger partial charge is 0.433 e. The molecule has 1 aromatic heterocycles. The average molecular weight is 281 g/mol. The molecule has 2 heterocycles. The fourth-order valence-electron chi connectivity index (χ4n) is 1.51. The van der Waals surface area contributed by atoms with Crippen LogP contribution in [-0.4, -0.2) is 39.4 Å². The molecule has 20 heavy (non-hydrogen) atoms. The molecule has 1 fully saturated rings. The lowest BCUT2D eigenvalue weighted by atomic mass is 10.3. The van der Waals surface area contributed by atoms with E-state index in [9.17, 15) is 24.5 Å². The van der Waals surface area contributed by atoms with Crippen LogP contribution in [0.4, 0.5) is 10.7 Å². The Balaban J connectivity index is 2.22. The van der Waals surface area contributed by atoms with Gasteiger partial charge in [-0.15, -0.1) is 0 Å². The van der Waals surface area contributed by atoms with Crippen molar-refractivity contribution in [3.63, 3.8) is 0 Å². The number of nitrogens with one attached hydrogen (secondary N) is 1. The van der Waals surface area contributed by atoms with E-state index < -0.39 is 35.3 Å². The van der Waals surface area contributed by atoms with Crippen LogP contribution in [0.2, 0.25) is 0 Å². The molecule has 2 N–H and O–H groups in total. The number of imide groups is 1. The van der Waals surface area contributed by atoms with Crippen molar-refractivity contribution in [3.05, 3.63) is 33.7 Å². The van der Waals surface area contributed by atoms with E-state index in [-0.39, 0.29) is 11.5 Å². The summed E-state index contributed by atoms with van der Waals surface area (Å²) in [5.74, 6) is -2.73. The van der Waals surface area contributed by atoms with Gasteiger partial charge in [-0.2, -0.15) is 0 Å². The highest BCUT2D eigenvalue weighted by Crippen LogP contribution is 2.19. The maximum atomic E-state index is 11.7. The number of urea groups is 1. The lowest BCUT2D eigenvalue weighted by molar-refractivity contribution is -0.402. The SMILES string of the molecule is O=C(O)CN1C(=O)N/C(=C/c2ccc([N+](=O)[O-])o2)C1=O. The first-order valence-corrected chi connectivity index (χ1v) is 5.19. The Labute approximate surface area is 110 Å². The van der Waals surface area contributed by atoms with Gasteiger partial charge < -0.3 is 14.8 Å². The highest BCUT2D eigenvalue weighted by atomic mass is 16.6. The van der Waals surface area contributed by atoms with Crippen LogP contribution >= 0.6 is 0 Å². The van der Waals surface area contributed by atoms with Crippen molar-refractivity contribution in [2.24, 2.45) is 0 Å². The fourth-order valence-corrected chi connectivity index (χ4v) is 1.51. The summed E-state index contributed by atoms with van der Waals surface area (Å²) in [5.41, 5.74) is -0.222. The van der Waals surface area contributed by atoms with Crippen molar-refractivity contribution in [2.45, 2.75) is 0 Å². The largest absolute Gasteiger partial charge is 0.480 e. The maximum Gasteiger partial charge on any atom is 0.433 e. The van der Waals surface area contributed by atoms with E-state index in [2.05, 4.69) is 5.32 Å². The average Bonchev–Trinajstić information content (AvgIpc) is 2.91. The van der Waals surface area contributed by atoms with Gasteiger partial charge in [0, 0.05) is 6.08 Å². The molecule has 1 aliphatic heterocycles. The van der Waals surface area contributed by atoms with E-state index in [1.807, 2.05) is 0 Å². The number of carboxylic acids is 1. The first-order chi connectivity index (χ1) is 9.38. The van der Waals surface area contributed by atoms with E-state index in [1.165, 1.54) is 6.07 Å². The Morgan fingerprint density at radius 3 is 2.75 bits per heavy atom. The van der Waals surface area contributed by atoms with Gasteiger partial charge in [0.2, 0.25) is 0 Å². The first kappa shape index (κ1) is 13.3. The number of carbonyl (C=O) groups excluding carboxylic acids is 2. The third-order valence-corrected chi connectivity index (χ3v) is 2.33. The number of hydrogen-bond donors (Lipinski definition) is 2. The molecule has 0 spiro atoms. The standard InChI is InChI=1S/C10H7N3O7/c14-8(15)4-12-9(16)6(11-10(12)17)3-5-1-2-7(20-5)13(18)19/h1-3H,4H2,(H,11,17)(H,14,15)/b6-3+. The number of hydrogen-bond acceptors (Lipinski definition) is 6. The van der Waals surface area contributed by atoms with E-state index >= 15 is 0 Å². The normalized spacial score (nSPS) is 16.6. The summed E-state index contributed by atoms with van der Waals surface area (Å²) in [5, 5.41) is 21.1. The molecule has 1 saturated heterocycles. The number of furan rings is 1. The molecule has 104 valence electrons. The van der Waals surface area contributed by atoms with Gasteiger partial charge in [0.05, 0.1) is 6.07 Å². The number of nitrogens with zero attached hydrogens (tertiary/aromatic N) is 2. The van der Waals surface area contributed by atoms with Gasteiger partial charge in [-0.1, -0.05) is 0 Å². The van der Waals surface area contributed by atoms with Gasteiger partial charge in [-0.3, -0.25) is 19.7 Å². The monoisotopic (exact) mass is 281 g/mol. The molecule has 0 saturated carbocycles. The number of nitro groups is 1. The van der Waals surface area contributed by atoms with E-state index in [0.717, 1.165) is 12.1 Å². The van der Waals surface area contributed by atoms with Crippen LogP contribution in [0.25, 0.3) is 6.08 Å². The van der Waals surface area contributed by atoms with Gasteiger partial charge in [0.15, 0.2) is 0 Å². The van der Waals surface area contributed by atoms with Crippen molar-refractivity contribution < 1.29 is 28.8 Å². The lowest BCUT2D eigenvalue weighted by Crippen LogP contribution is -2.35. The molecule has 0 bridgehead atoms. The van der Waals surface area contributed by atoms with Gasteiger partial charge in [-0.25, -0.2) is 9.69 Å². The van der Waals surface area contributed by atoms with Crippen molar-refractivity contribution in [1.29, 1.82) is 0 Å². The summed E-state index contributed by atoms with van der Waals surface area (Å²) < 4.78 is 4.79. The molecule has 0 aromatic carbocycles. The summed E-state index contributed by atoms with van der Waals surface area (Å²) in [4.78, 5) is 43.8. The van der Waals surface area contributed by atoms with Gasteiger partial charge in [0.1, 0.15) is 22.9 Å². The quantitative estimate of drug-likeness (QED) is 0.346. The fraction of sp³-hybridized carbons (Fsp3) is 0.100. The highest BCUT2D eigenvalue weighted by molar-refractivity contribution is 6.14. The summed E-state index contributed by atoms with van der Waals surface area (Å²) in [7, 11) is 0. The number of carboxylic acid groups (broad SMARTS) is 1. The maximum absolute atomic E-state index is 11.7. The van der Waals surface area contributed by atoms with Crippen molar-refractivity contribution in [1.82, 2.24) is 10.2 Å². The number of aliphatic carboxylic acids is 1. The zero-order valence-electron chi connectivity index (χ0n) is 9.73. The van der Waals surface area contributed by atoms with E-state index in [1.54, 1.807) is 0 Å². The first-order valence-electron chi connectivity index (χ1n) is 5.19. The lowest BCUT2D eigenvalue weighted by Gasteiger charge is -2.06. The molecule has 2 rings (SSSR count). The Morgan fingerprint density at radius 2 is 2.20 bits per heavy atom. The van der Waals surface area contributed by atoms with Crippen LogP contribution in [-0.2, 0) is 9.59 Å². The Kier molecular flexibility index (Phi) is 3.21. The second kappa shape index (κ2) is 4.84. The molecule has 10 nitrogen and oxygen atoms in total. The predicted molar refractivity (Wildman–Crippen MR) is 61.2 cm³/mol. The van der Waals surface area contributed by atoms with E-state index in [4.69, 9.17) is 9.52 Å². The summed E-state index contributed by atoms with van der Waals surface area (Å²) in [6.45, 7) is -0.777. The van der Waals surface area contributed by atoms with Crippen LogP contribution in [0.15, 0.2) is 22.2 Å². The van der Waals surface area contributed by atoms with Crippen LogP contribution in [0.3, 0.4) is 0 Å². The predicted octanol–water partition coefficient (Wildman–Crippen LogP) is 0.165. The number of carbonyl (C=O) groups is 3. The van der Waals surface area contributed by atoms with Crippen molar-refractivity contribution >= 4 is 29.9 Å². The van der Waals surface area contributed by atoms with Gasteiger partial charge in [0.25, 0.3) is 5.91 Å². The third kappa shape index (κ3) is 2.48. The summed E-state index contributed by atoms with van der Waals surface area (Å²) >= 11 is 0.